The van der Waals surface area contributed by atoms with Gasteiger partial charge in [-0.05, 0) is 69.2 Å². The molecule has 7 atom stereocenters. The first-order valence-electron chi connectivity index (χ1n) is 22.8. The molecule has 2 fully saturated rings. The Morgan fingerprint density at radius 3 is 2.58 bits per heavy atom. The number of aliphatic carboxylic acids is 1. The highest BCUT2D eigenvalue weighted by molar-refractivity contribution is 7.84. The number of carboxylic acids is 1. The van der Waals surface area contributed by atoms with Crippen molar-refractivity contribution in [2.24, 2.45) is 11.3 Å². The molecular formula is C48H58N8O9S2. The number of ether oxygens (including phenoxy) is 2. The number of carbonyl (C=O) groups is 5. The average Bonchev–Trinajstić information content (AvgIpc) is 3.51. The number of allylic oxidation sites excluding steroid dienone is 1. The number of amides is 5. The molecule has 1 aliphatic carbocycles. The zero-order valence-electron chi connectivity index (χ0n) is 38.5. The normalized spacial score (nSPS) is 24.8. The topological polar surface area (TPSA) is 221 Å². The fourth-order valence-corrected chi connectivity index (χ4v) is 11.1. The monoisotopic (exact) mass is 954 g/mol. The molecule has 0 bridgehead atoms. The Hall–Kier alpha value is -6.08. The van der Waals surface area contributed by atoms with Crippen LogP contribution in [0.15, 0.2) is 71.0 Å². The number of carboxylic acid groups (broad SMARTS) is 1. The van der Waals surface area contributed by atoms with Crippen molar-refractivity contribution in [3.8, 4) is 22.9 Å². The molecule has 0 radical (unpaired) electrons. The number of pyridine rings is 1. The summed E-state index contributed by atoms with van der Waals surface area (Å²) in [6.45, 7) is 9.62. The van der Waals surface area contributed by atoms with Crippen LogP contribution in [0.3, 0.4) is 0 Å². The van der Waals surface area contributed by atoms with Crippen molar-refractivity contribution in [2.45, 2.75) is 120 Å². The second-order valence-corrected chi connectivity index (χ2v) is 21.3. The van der Waals surface area contributed by atoms with Gasteiger partial charge in [0.2, 0.25) is 11.8 Å². The second kappa shape index (κ2) is 19.3. The summed E-state index contributed by atoms with van der Waals surface area (Å²) in [5.41, 5.74) is -0.0592. The lowest BCUT2D eigenvalue weighted by atomic mass is 9.86. The SMILES string of the molecule is COc1ccc2c(O[C@@H]3C[C@H]4C(=O)N[C@]5(C(=O)O)CC5C=CCCCCC[C@H](NC(=O)N[C@H](CN5C(=O)c6ccccc6S5=O)C(C)(C)C)C(=O)N4C3)cc(-c3csc(NC(C)C)n3)nc2c1. The van der Waals surface area contributed by atoms with Crippen molar-refractivity contribution in [2.75, 3.05) is 25.5 Å². The number of benzene rings is 2. The maximum atomic E-state index is 15.0. The molecule has 8 rings (SSSR count). The quantitative estimate of drug-likeness (QED) is 0.105. The van der Waals surface area contributed by atoms with Gasteiger partial charge >= 0.3 is 12.0 Å². The Kier molecular flexibility index (Phi) is 13.6. The van der Waals surface area contributed by atoms with Crippen molar-refractivity contribution in [1.29, 1.82) is 0 Å². The van der Waals surface area contributed by atoms with Crippen LogP contribution in [0.5, 0.6) is 11.5 Å². The first-order chi connectivity index (χ1) is 31.9. The number of aromatic nitrogens is 2. The van der Waals surface area contributed by atoms with E-state index in [1.807, 2.05) is 58.2 Å². The van der Waals surface area contributed by atoms with Gasteiger partial charge in [-0.15, -0.1) is 11.3 Å². The van der Waals surface area contributed by atoms with Gasteiger partial charge in [-0.25, -0.2) is 23.8 Å². The summed E-state index contributed by atoms with van der Waals surface area (Å²) in [7, 11) is -0.203. The lowest BCUT2D eigenvalue weighted by Crippen LogP contribution is -2.59. The number of rotatable bonds is 11. The first kappa shape index (κ1) is 47.4. The Morgan fingerprint density at radius 2 is 1.85 bits per heavy atom. The summed E-state index contributed by atoms with van der Waals surface area (Å²) in [6, 6.07) is 10.5. The summed E-state index contributed by atoms with van der Waals surface area (Å²) < 4.78 is 27.0. The number of urea groups is 1. The van der Waals surface area contributed by atoms with Crippen molar-refractivity contribution >= 4 is 68.1 Å². The van der Waals surface area contributed by atoms with Gasteiger partial charge in [0.15, 0.2) is 16.1 Å². The molecule has 5 amide bonds. The van der Waals surface area contributed by atoms with Crippen LogP contribution in [0.25, 0.3) is 22.3 Å². The van der Waals surface area contributed by atoms with E-state index >= 15 is 4.79 Å². The van der Waals surface area contributed by atoms with E-state index in [2.05, 4.69) is 21.3 Å². The second-order valence-electron chi connectivity index (χ2n) is 19.1. The molecule has 17 nitrogen and oxygen atoms in total. The maximum Gasteiger partial charge on any atom is 0.330 e. The molecule has 2 aromatic heterocycles. The molecule has 5 heterocycles. The van der Waals surface area contributed by atoms with Crippen LogP contribution in [0.1, 0.15) is 89.9 Å². The molecular weight excluding hydrogens is 897 g/mol. The van der Waals surface area contributed by atoms with Crippen LogP contribution in [0.2, 0.25) is 0 Å². The third-order valence-corrected chi connectivity index (χ3v) is 15.0. The molecule has 4 aromatic rings. The van der Waals surface area contributed by atoms with Crippen molar-refractivity contribution in [3.05, 3.63) is 71.6 Å². The molecule has 19 heteroatoms. The van der Waals surface area contributed by atoms with Gasteiger partial charge in [0.25, 0.3) is 5.91 Å². The molecule has 2 unspecified atom stereocenters. The largest absolute Gasteiger partial charge is 0.497 e. The predicted octanol–water partition coefficient (Wildman–Crippen LogP) is 6.28. The number of fused-ring (bicyclic) bond motifs is 4. The molecule has 1 saturated carbocycles. The Bertz CT molecular complexity index is 2600. The highest BCUT2D eigenvalue weighted by atomic mass is 32.2. The van der Waals surface area contributed by atoms with Crippen LogP contribution in [-0.2, 0) is 25.4 Å². The standard InChI is InChI=1S/C48H58N8O9S2/c1-27(2)49-46-52-36(26-66-46)35-22-38(31-19-18-29(64-6)20-34(31)50-35)65-30-21-37-41(57)54-48(44(60)61)23-28(48)14-10-8-7-9-11-16-33(43(59)55(37)24-30)51-45(62)53-40(47(3,4)5)25-56-42(58)32-15-12-13-17-39(32)67(56)63/h10,12-15,17-20,22,26-28,30,33,37,40H,7-9,11,16,21,23-25H2,1-6H3,(H,49,52)(H,54,57)(H,60,61)(H2,51,53,62)/t28?,30-,33+,37+,40-,48-,67?/m1/s1. The summed E-state index contributed by atoms with van der Waals surface area (Å²) in [5.74, 6) is -2.11. The van der Waals surface area contributed by atoms with Gasteiger partial charge in [0, 0.05) is 41.3 Å². The predicted molar refractivity (Wildman–Crippen MR) is 254 cm³/mol. The van der Waals surface area contributed by atoms with Crippen LogP contribution in [0, 0.1) is 11.3 Å². The third-order valence-electron chi connectivity index (χ3n) is 12.8. The smallest absolute Gasteiger partial charge is 0.330 e. The van der Waals surface area contributed by atoms with E-state index in [1.165, 1.54) is 20.5 Å². The van der Waals surface area contributed by atoms with Crippen molar-refractivity contribution < 1.29 is 42.8 Å². The zero-order valence-corrected chi connectivity index (χ0v) is 40.1. The van der Waals surface area contributed by atoms with Crippen molar-refractivity contribution in [3.63, 3.8) is 0 Å². The maximum absolute atomic E-state index is 15.0. The number of thiazole rings is 1. The van der Waals surface area contributed by atoms with Gasteiger partial charge in [0.05, 0.1) is 47.9 Å². The van der Waals surface area contributed by atoms with Crippen LogP contribution >= 0.6 is 11.3 Å². The fraction of sp³-hybridized carbons (Fsp3) is 0.479. The van der Waals surface area contributed by atoms with E-state index in [0.29, 0.717) is 57.1 Å². The third kappa shape index (κ3) is 10.1. The first-order valence-corrected chi connectivity index (χ1v) is 24.7. The summed E-state index contributed by atoms with van der Waals surface area (Å²) in [6.07, 6.45) is 6.29. The Morgan fingerprint density at radius 1 is 1.06 bits per heavy atom. The summed E-state index contributed by atoms with van der Waals surface area (Å²) in [5, 5.41) is 25.7. The van der Waals surface area contributed by atoms with Gasteiger partial charge in [0.1, 0.15) is 40.9 Å². The number of hydrogen-bond acceptors (Lipinski definition) is 12. The average molecular weight is 955 g/mol. The Balaban J connectivity index is 1.08. The zero-order chi connectivity index (χ0) is 47.8. The molecule has 5 N–H and O–H groups in total. The van der Waals surface area contributed by atoms with Crippen LogP contribution < -0.4 is 30.7 Å². The van der Waals surface area contributed by atoms with Gasteiger partial charge in [-0.3, -0.25) is 18.7 Å². The molecule has 67 heavy (non-hydrogen) atoms. The minimum atomic E-state index is -1.77. The van der Waals surface area contributed by atoms with E-state index in [0.717, 1.165) is 18.0 Å². The molecule has 3 aliphatic heterocycles. The lowest BCUT2D eigenvalue weighted by molar-refractivity contribution is -0.145. The van der Waals surface area contributed by atoms with E-state index < -0.39 is 81.8 Å². The number of nitrogens with one attached hydrogen (secondary N) is 4. The fourth-order valence-electron chi connectivity index (χ4n) is 8.90. The van der Waals surface area contributed by atoms with Crippen LogP contribution in [-0.4, -0.2) is 114 Å². The minimum Gasteiger partial charge on any atom is -0.497 e. The molecule has 2 aromatic carbocycles. The highest BCUT2D eigenvalue weighted by Crippen LogP contribution is 2.46. The van der Waals surface area contributed by atoms with Crippen LogP contribution in [0.4, 0.5) is 9.93 Å². The van der Waals surface area contributed by atoms with E-state index in [4.69, 9.17) is 19.4 Å². The number of nitrogens with zero attached hydrogens (tertiary/aromatic N) is 4. The number of carbonyl (C=O) groups excluding carboxylic acids is 4. The number of hydrogen-bond donors (Lipinski definition) is 5. The van der Waals surface area contributed by atoms with E-state index in [9.17, 15) is 28.5 Å². The molecule has 0 spiro atoms. The minimum absolute atomic E-state index is 0.0245. The van der Waals surface area contributed by atoms with Crippen molar-refractivity contribution in [1.82, 2.24) is 35.1 Å². The van der Waals surface area contributed by atoms with Gasteiger partial charge in [-0.2, -0.15) is 0 Å². The lowest BCUT2D eigenvalue weighted by Gasteiger charge is -2.35. The highest BCUT2D eigenvalue weighted by Gasteiger charge is 2.61. The van der Waals surface area contributed by atoms with Gasteiger partial charge in [-0.1, -0.05) is 57.9 Å². The molecule has 1 saturated heterocycles. The summed E-state index contributed by atoms with van der Waals surface area (Å²) in [4.78, 5) is 81.2. The van der Waals surface area contributed by atoms with E-state index in [-0.39, 0.29) is 38.4 Å². The number of anilines is 1. The van der Waals surface area contributed by atoms with Gasteiger partial charge < -0.3 is 40.7 Å². The number of methoxy groups -OCH3 is 1. The Labute approximate surface area is 396 Å². The molecule has 356 valence electrons. The molecule has 4 aliphatic rings. The van der Waals surface area contributed by atoms with E-state index in [1.54, 1.807) is 49.6 Å². The summed E-state index contributed by atoms with van der Waals surface area (Å²) >= 11 is 1.45.